The van der Waals surface area contributed by atoms with Crippen molar-refractivity contribution in [2.45, 2.75) is 37.5 Å². The van der Waals surface area contributed by atoms with E-state index < -0.39 is 10.0 Å². The van der Waals surface area contributed by atoms with E-state index in [9.17, 15) is 13.2 Å². The molecule has 1 aromatic carbocycles. The van der Waals surface area contributed by atoms with Crippen LogP contribution in [0.1, 0.15) is 32.6 Å². The fourth-order valence-corrected chi connectivity index (χ4v) is 4.22. The van der Waals surface area contributed by atoms with Crippen molar-refractivity contribution in [3.63, 3.8) is 0 Å². The van der Waals surface area contributed by atoms with Gasteiger partial charge in [0.05, 0.1) is 15.6 Å². The number of carbonyl (C=O) groups is 1. The van der Waals surface area contributed by atoms with Gasteiger partial charge >= 0.3 is 0 Å². The fraction of sp³-hybridized carbons (Fsp3) is 0.611. The number of carbonyl (C=O) groups excluding carboxylic acids is 1. The minimum absolute atomic E-state index is 0.101. The molecule has 1 amide bonds. The maximum absolute atomic E-state index is 12.3. The SMILES string of the molecule is CCC1CCCN(CCC(=O)Nc2cc(S(=O)(=O)N(C)C)ccc2Cl)C1. The molecule has 0 saturated carbocycles. The summed E-state index contributed by atoms with van der Waals surface area (Å²) in [5, 5.41) is 3.07. The lowest BCUT2D eigenvalue weighted by molar-refractivity contribution is -0.116. The number of anilines is 1. The van der Waals surface area contributed by atoms with E-state index >= 15 is 0 Å². The second kappa shape index (κ2) is 9.17. The van der Waals surface area contributed by atoms with E-state index in [-0.39, 0.29) is 10.8 Å². The molecule has 1 unspecified atom stereocenters. The van der Waals surface area contributed by atoms with Gasteiger partial charge in [0.15, 0.2) is 0 Å². The van der Waals surface area contributed by atoms with Gasteiger partial charge in [0.25, 0.3) is 0 Å². The molecule has 0 spiro atoms. The van der Waals surface area contributed by atoms with Gasteiger partial charge in [-0.05, 0) is 43.5 Å². The Morgan fingerprint density at radius 1 is 1.38 bits per heavy atom. The molecule has 0 aromatic heterocycles. The van der Waals surface area contributed by atoms with Crippen molar-refractivity contribution in [1.82, 2.24) is 9.21 Å². The number of amides is 1. The summed E-state index contributed by atoms with van der Waals surface area (Å²) in [5.41, 5.74) is 0.324. The van der Waals surface area contributed by atoms with E-state index in [1.165, 1.54) is 51.6 Å². The highest BCUT2D eigenvalue weighted by molar-refractivity contribution is 7.89. The van der Waals surface area contributed by atoms with Gasteiger partial charge in [-0.1, -0.05) is 24.9 Å². The van der Waals surface area contributed by atoms with Gasteiger partial charge in [0.2, 0.25) is 15.9 Å². The highest BCUT2D eigenvalue weighted by Crippen LogP contribution is 2.26. The number of benzene rings is 1. The number of hydrogen-bond donors (Lipinski definition) is 1. The van der Waals surface area contributed by atoms with Crippen LogP contribution in [-0.4, -0.2) is 57.3 Å². The number of halogens is 1. The monoisotopic (exact) mass is 401 g/mol. The molecular formula is C18H28ClN3O3S. The Hall–Kier alpha value is -1.15. The number of hydrogen-bond acceptors (Lipinski definition) is 4. The van der Waals surface area contributed by atoms with Crippen LogP contribution in [0.25, 0.3) is 0 Å². The van der Waals surface area contributed by atoms with Gasteiger partial charge < -0.3 is 10.2 Å². The maximum atomic E-state index is 12.3. The predicted molar refractivity (Wildman–Crippen MR) is 105 cm³/mol. The molecule has 2 rings (SSSR count). The highest BCUT2D eigenvalue weighted by atomic mass is 35.5. The first-order valence-electron chi connectivity index (χ1n) is 8.98. The first-order chi connectivity index (χ1) is 12.2. The van der Waals surface area contributed by atoms with Crippen molar-refractivity contribution in [1.29, 1.82) is 0 Å². The molecule has 26 heavy (non-hydrogen) atoms. The lowest BCUT2D eigenvalue weighted by Gasteiger charge is -2.32. The number of nitrogens with one attached hydrogen (secondary N) is 1. The lowest BCUT2D eigenvalue weighted by Crippen LogP contribution is -2.37. The van der Waals surface area contributed by atoms with Crippen molar-refractivity contribution in [2.75, 3.05) is 39.0 Å². The summed E-state index contributed by atoms with van der Waals surface area (Å²) in [5.74, 6) is 0.555. The topological polar surface area (TPSA) is 69.7 Å². The number of piperidine rings is 1. The Morgan fingerprint density at radius 3 is 2.77 bits per heavy atom. The molecule has 146 valence electrons. The van der Waals surface area contributed by atoms with Crippen LogP contribution in [0.3, 0.4) is 0 Å². The summed E-state index contributed by atoms with van der Waals surface area (Å²) in [6, 6.07) is 4.33. The third-order valence-corrected chi connectivity index (χ3v) is 6.97. The molecule has 1 heterocycles. The van der Waals surface area contributed by atoms with Crippen LogP contribution in [0.5, 0.6) is 0 Å². The van der Waals surface area contributed by atoms with Crippen molar-refractivity contribution >= 4 is 33.2 Å². The van der Waals surface area contributed by atoms with Gasteiger partial charge in [0, 0.05) is 33.6 Å². The van der Waals surface area contributed by atoms with Gasteiger partial charge in [-0.15, -0.1) is 0 Å². The average molecular weight is 402 g/mol. The third-order valence-electron chi connectivity index (χ3n) is 4.83. The Morgan fingerprint density at radius 2 is 2.12 bits per heavy atom. The van der Waals surface area contributed by atoms with Gasteiger partial charge in [0.1, 0.15) is 0 Å². The Bertz CT molecular complexity index is 737. The summed E-state index contributed by atoms with van der Waals surface area (Å²) in [4.78, 5) is 14.7. The molecular weight excluding hydrogens is 374 g/mol. The van der Waals surface area contributed by atoms with Crippen LogP contribution in [0.15, 0.2) is 23.1 Å². The number of nitrogens with zero attached hydrogens (tertiary/aromatic N) is 2. The van der Waals surface area contributed by atoms with Crippen LogP contribution in [0.4, 0.5) is 5.69 Å². The summed E-state index contributed by atoms with van der Waals surface area (Å²) >= 11 is 6.12. The van der Waals surface area contributed by atoms with Gasteiger partial charge in [-0.25, -0.2) is 12.7 Å². The molecule has 0 aliphatic carbocycles. The molecule has 1 aliphatic heterocycles. The average Bonchev–Trinajstić information content (AvgIpc) is 2.61. The summed E-state index contributed by atoms with van der Waals surface area (Å²) in [6.45, 7) is 4.98. The fourth-order valence-electron chi connectivity index (χ4n) is 3.13. The largest absolute Gasteiger partial charge is 0.325 e. The van der Waals surface area contributed by atoms with Crippen molar-refractivity contribution in [3.05, 3.63) is 23.2 Å². The van der Waals surface area contributed by atoms with E-state index in [4.69, 9.17) is 11.6 Å². The molecule has 8 heteroatoms. The smallest absolute Gasteiger partial charge is 0.242 e. The molecule has 1 aliphatic rings. The molecule has 1 aromatic rings. The second-order valence-corrected chi connectivity index (χ2v) is 9.50. The normalized spacial score (nSPS) is 18.9. The summed E-state index contributed by atoms with van der Waals surface area (Å²) < 4.78 is 25.6. The minimum atomic E-state index is -3.58. The molecule has 1 saturated heterocycles. The number of rotatable bonds is 7. The first-order valence-corrected chi connectivity index (χ1v) is 10.8. The first kappa shape index (κ1) is 21.2. The van der Waals surface area contributed by atoms with E-state index in [1.807, 2.05) is 0 Å². The zero-order chi connectivity index (χ0) is 19.3. The summed E-state index contributed by atoms with van der Waals surface area (Å²) in [6.07, 6.45) is 3.97. The van der Waals surface area contributed by atoms with Crippen LogP contribution in [0.2, 0.25) is 5.02 Å². The van der Waals surface area contributed by atoms with Crippen LogP contribution >= 0.6 is 11.6 Å². The van der Waals surface area contributed by atoms with Crippen LogP contribution in [-0.2, 0) is 14.8 Å². The van der Waals surface area contributed by atoms with Crippen LogP contribution in [0, 0.1) is 5.92 Å². The van der Waals surface area contributed by atoms with E-state index in [1.54, 1.807) is 0 Å². The van der Waals surface area contributed by atoms with Crippen molar-refractivity contribution in [3.8, 4) is 0 Å². The molecule has 1 atom stereocenters. The highest BCUT2D eigenvalue weighted by Gasteiger charge is 2.21. The molecule has 1 fully saturated rings. The Balaban J connectivity index is 1.98. The van der Waals surface area contributed by atoms with E-state index in [0.29, 0.717) is 29.6 Å². The van der Waals surface area contributed by atoms with Gasteiger partial charge in [-0.3, -0.25) is 4.79 Å². The summed E-state index contributed by atoms with van der Waals surface area (Å²) in [7, 11) is -0.650. The molecule has 1 N–H and O–H groups in total. The second-order valence-electron chi connectivity index (χ2n) is 6.94. The Labute approximate surface area is 161 Å². The molecule has 0 radical (unpaired) electrons. The standard InChI is InChI=1S/C18H28ClN3O3S/c1-4-14-6-5-10-22(13-14)11-9-18(23)20-17-12-15(7-8-16(17)19)26(24,25)21(2)3/h7-8,12,14H,4-6,9-11,13H2,1-3H3,(H,20,23). The zero-order valence-corrected chi connectivity index (χ0v) is 17.2. The third kappa shape index (κ3) is 5.42. The maximum Gasteiger partial charge on any atom is 0.242 e. The van der Waals surface area contributed by atoms with E-state index in [0.717, 1.165) is 17.4 Å². The Kier molecular flexibility index (Phi) is 7.46. The van der Waals surface area contributed by atoms with Crippen molar-refractivity contribution in [2.24, 2.45) is 5.92 Å². The molecule has 0 bridgehead atoms. The molecule has 6 nitrogen and oxygen atoms in total. The zero-order valence-electron chi connectivity index (χ0n) is 15.7. The van der Waals surface area contributed by atoms with Crippen LogP contribution < -0.4 is 5.32 Å². The quantitative estimate of drug-likeness (QED) is 0.762. The van der Waals surface area contributed by atoms with Crippen molar-refractivity contribution < 1.29 is 13.2 Å². The van der Waals surface area contributed by atoms with E-state index in [2.05, 4.69) is 17.1 Å². The minimum Gasteiger partial charge on any atom is -0.325 e. The number of sulfonamides is 1. The number of likely N-dealkylation sites (tertiary alicyclic amines) is 1. The predicted octanol–water partition coefficient (Wildman–Crippen LogP) is 3.04. The lowest BCUT2D eigenvalue weighted by atomic mass is 9.95. The van der Waals surface area contributed by atoms with Gasteiger partial charge in [-0.2, -0.15) is 0 Å².